The molecule has 2 atom stereocenters. The summed E-state index contributed by atoms with van der Waals surface area (Å²) in [6.45, 7) is 4.82. The number of hydrogen-bond acceptors (Lipinski definition) is 5. The molecule has 1 aromatic heterocycles. The molecule has 0 aliphatic rings. The Balaban J connectivity index is 2.31. The van der Waals surface area contributed by atoms with Crippen LogP contribution >= 0.6 is 23.4 Å². The van der Waals surface area contributed by atoms with E-state index in [0.717, 1.165) is 13.0 Å². The average Bonchev–Trinajstić information content (AvgIpc) is 2.66. The number of rotatable bonds is 6. The molecule has 6 heteroatoms. The van der Waals surface area contributed by atoms with Gasteiger partial charge in [-0.15, -0.1) is 16.7 Å². The molecule has 0 aliphatic heterocycles. The molecule has 1 N–H and O–H groups in total. The maximum absolute atomic E-state index is 5.80. The minimum absolute atomic E-state index is 0.238. The van der Waals surface area contributed by atoms with E-state index in [1.807, 2.05) is 11.8 Å². The van der Waals surface area contributed by atoms with Crippen molar-refractivity contribution in [2.45, 2.75) is 30.9 Å². The summed E-state index contributed by atoms with van der Waals surface area (Å²) in [4.78, 5) is 0. The van der Waals surface area contributed by atoms with Crippen LogP contribution in [0.25, 0.3) is 0 Å². The summed E-state index contributed by atoms with van der Waals surface area (Å²) in [5.41, 5.74) is 0. The summed E-state index contributed by atoms with van der Waals surface area (Å²) in [5, 5.41) is 11.1. The Labute approximate surface area is 99.2 Å². The SMILES string of the molecule is CSC(C)CCNc1nnc(C(C)Cl)o1. The fourth-order valence-electron chi connectivity index (χ4n) is 0.967. The summed E-state index contributed by atoms with van der Waals surface area (Å²) in [5.74, 6) is 0.456. The Hall–Kier alpha value is -0.420. The molecule has 1 aromatic rings. The van der Waals surface area contributed by atoms with E-state index in [-0.39, 0.29) is 5.38 Å². The minimum atomic E-state index is -0.238. The van der Waals surface area contributed by atoms with Crippen LogP contribution in [-0.4, -0.2) is 28.2 Å². The standard InChI is InChI=1S/C9H16ClN3OS/c1-6(15-3)4-5-11-9-13-12-8(14-9)7(2)10/h6-7H,4-5H2,1-3H3,(H,11,13). The van der Waals surface area contributed by atoms with Gasteiger partial charge in [-0.2, -0.15) is 11.8 Å². The van der Waals surface area contributed by atoms with Crippen LogP contribution in [0.4, 0.5) is 6.01 Å². The number of thioether (sulfide) groups is 1. The van der Waals surface area contributed by atoms with Gasteiger partial charge in [0, 0.05) is 11.8 Å². The zero-order chi connectivity index (χ0) is 11.3. The predicted molar refractivity (Wildman–Crippen MR) is 64.6 cm³/mol. The fraction of sp³-hybridized carbons (Fsp3) is 0.778. The van der Waals surface area contributed by atoms with E-state index in [1.54, 1.807) is 6.92 Å². The van der Waals surface area contributed by atoms with Crippen LogP contribution in [0, 0.1) is 0 Å². The van der Waals surface area contributed by atoms with Gasteiger partial charge in [0.15, 0.2) is 0 Å². The highest BCUT2D eigenvalue weighted by Gasteiger charge is 2.10. The average molecular weight is 250 g/mol. The zero-order valence-corrected chi connectivity index (χ0v) is 10.7. The van der Waals surface area contributed by atoms with Gasteiger partial charge in [0.25, 0.3) is 0 Å². The largest absolute Gasteiger partial charge is 0.407 e. The maximum atomic E-state index is 5.80. The molecule has 0 bridgehead atoms. The van der Waals surface area contributed by atoms with Crippen molar-refractivity contribution in [2.75, 3.05) is 18.1 Å². The molecule has 0 radical (unpaired) electrons. The van der Waals surface area contributed by atoms with Crippen LogP contribution < -0.4 is 5.32 Å². The summed E-state index contributed by atoms with van der Waals surface area (Å²) in [7, 11) is 0. The molecule has 15 heavy (non-hydrogen) atoms. The van der Waals surface area contributed by atoms with Crippen molar-refractivity contribution in [3.8, 4) is 0 Å². The van der Waals surface area contributed by atoms with E-state index >= 15 is 0 Å². The van der Waals surface area contributed by atoms with Crippen LogP contribution in [0.3, 0.4) is 0 Å². The lowest BCUT2D eigenvalue weighted by atomic mass is 10.3. The van der Waals surface area contributed by atoms with E-state index in [1.165, 1.54) is 0 Å². The third-order valence-corrected chi connectivity index (χ3v) is 3.24. The first-order valence-electron chi connectivity index (χ1n) is 4.87. The van der Waals surface area contributed by atoms with E-state index < -0.39 is 0 Å². The van der Waals surface area contributed by atoms with Crippen LogP contribution in [-0.2, 0) is 0 Å². The van der Waals surface area contributed by atoms with Crippen molar-refractivity contribution in [1.82, 2.24) is 10.2 Å². The summed E-state index contributed by atoms with van der Waals surface area (Å²) >= 11 is 7.64. The molecule has 86 valence electrons. The van der Waals surface area contributed by atoms with Crippen LogP contribution in [0.2, 0.25) is 0 Å². The van der Waals surface area contributed by atoms with Gasteiger partial charge in [-0.1, -0.05) is 12.0 Å². The number of nitrogens with one attached hydrogen (secondary N) is 1. The molecule has 0 aromatic carbocycles. The topological polar surface area (TPSA) is 51.0 Å². The van der Waals surface area contributed by atoms with Crippen molar-refractivity contribution in [2.24, 2.45) is 0 Å². The van der Waals surface area contributed by atoms with Gasteiger partial charge in [0.05, 0.1) is 0 Å². The first-order valence-corrected chi connectivity index (χ1v) is 6.60. The van der Waals surface area contributed by atoms with Gasteiger partial charge in [0.2, 0.25) is 5.89 Å². The molecular formula is C9H16ClN3OS. The highest BCUT2D eigenvalue weighted by Crippen LogP contribution is 2.19. The Bertz CT molecular complexity index is 293. The first kappa shape index (κ1) is 12.6. The van der Waals surface area contributed by atoms with Gasteiger partial charge in [-0.3, -0.25) is 0 Å². The number of halogens is 1. The molecule has 0 aliphatic carbocycles. The van der Waals surface area contributed by atoms with Crippen molar-refractivity contribution in [1.29, 1.82) is 0 Å². The molecule has 0 spiro atoms. The third kappa shape index (κ3) is 4.30. The number of hydrogen-bond donors (Lipinski definition) is 1. The highest BCUT2D eigenvalue weighted by molar-refractivity contribution is 7.99. The monoisotopic (exact) mass is 249 g/mol. The second kappa shape index (κ2) is 6.23. The number of anilines is 1. The zero-order valence-electron chi connectivity index (χ0n) is 9.16. The lowest BCUT2D eigenvalue weighted by Crippen LogP contribution is -2.07. The quantitative estimate of drug-likeness (QED) is 0.786. The van der Waals surface area contributed by atoms with E-state index in [2.05, 4.69) is 28.7 Å². The van der Waals surface area contributed by atoms with Crippen LogP contribution in [0.1, 0.15) is 31.5 Å². The summed E-state index contributed by atoms with van der Waals surface area (Å²) in [6.07, 6.45) is 3.17. The van der Waals surface area contributed by atoms with Crippen molar-refractivity contribution in [3.63, 3.8) is 0 Å². The maximum Gasteiger partial charge on any atom is 0.315 e. The van der Waals surface area contributed by atoms with E-state index in [4.69, 9.17) is 16.0 Å². The second-order valence-electron chi connectivity index (χ2n) is 3.32. The van der Waals surface area contributed by atoms with Gasteiger partial charge in [0.1, 0.15) is 5.38 Å². The molecule has 0 fully saturated rings. The lowest BCUT2D eigenvalue weighted by molar-refractivity contribution is 0.505. The van der Waals surface area contributed by atoms with E-state index in [9.17, 15) is 0 Å². The smallest absolute Gasteiger partial charge is 0.315 e. The van der Waals surface area contributed by atoms with Gasteiger partial charge < -0.3 is 9.73 Å². The Kier molecular flexibility index (Phi) is 5.25. The van der Waals surface area contributed by atoms with Gasteiger partial charge in [-0.05, 0) is 19.6 Å². The Morgan fingerprint density at radius 1 is 1.47 bits per heavy atom. The normalized spacial score (nSPS) is 14.9. The van der Waals surface area contributed by atoms with Crippen molar-refractivity contribution >= 4 is 29.4 Å². The summed E-state index contributed by atoms with van der Waals surface area (Å²) in [6, 6.07) is 0.450. The third-order valence-electron chi connectivity index (χ3n) is 2.01. The minimum Gasteiger partial charge on any atom is -0.407 e. The first-order chi connectivity index (χ1) is 7.13. The van der Waals surface area contributed by atoms with Crippen LogP contribution in [0.5, 0.6) is 0 Å². The molecule has 4 nitrogen and oxygen atoms in total. The number of aromatic nitrogens is 2. The predicted octanol–water partition coefficient (Wildman–Crippen LogP) is 2.92. The molecule has 1 heterocycles. The van der Waals surface area contributed by atoms with Crippen molar-refractivity contribution < 1.29 is 4.42 Å². The van der Waals surface area contributed by atoms with Gasteiger partial charge in [-0.25, -0.2) is 0 Å². The number of alkyl halides is 1. The molecule has 2 unspecified atom stereocenters. The second-order valence-corrected chi connectivity index (χ2v) is 5.25. The number of nitrogens with zero attached hydrogens (tertiary/aromatic N) is 2. The Morgan fingerprint density at radius 2 is 2.20 bits per heavy atom. The molecular weight excluding hydrogens is 234 g/mol. The van der Waals surface area contributed by atoms with E-state index in [0.29, 0.717) is 17.2 Å². The molecule has 0 saturated heterocycles. The fourth-order valence-corrected chi connectivity index (χ4v) is 1.41. The molecule has 0 amide bonds. The van der Waals surface area contributed by atoms with Crippen molar-refractivity contribution in [3.05, 3.63) is 5.89 Å². The molecule has 0 saturated carbocycles. The molecule has 1 rings (SSSR count). The van der Waals surface area contributed by atoms with Gasteiger partial charge >= 0.3 is 6.01 Å². The Morgan fingerprint density at radius 3 is 2.73 bits per heavy atom. The van der Waals surface area contributed by atoms with Crippen LogP contribution in [0.15, 0.2) is 4.42 Å². The highest BCUT2D eigenvalue weighted by atomic mass is 35.5. The summed E-state index contributed by atoms with van der Waals surface area (Å²) < 4.78 is 5.29. The lowest BCUT2D eigenvalue weighted by Gasteiger charge is -2.06.